The number of carbonyl (C=O) groups is 1. The molecule has 0 unspecified atom stereocenters. The van der Waals surface area contributed by atoms with E-state index in [0.717, 1.165) is 13.0 Å². The van der Waals surface area contributed by atoms with Crippen LogP contribution in [0.4, 0.5) is 0 Å². The minimum absolute atomic E-state index is 0. The molecule has 2 nitrogen and oxygen atoms in total. The minimum atomic E-state index is 0. The lowest BCUT2D eigenvalue weighted by Crippen LogP contribution is -3.00. The zero-order valence-corrected chi connectivity index (χ0v) is 9.02. The summed E-state index contributed by atoms with van der Waals surface area (Å²) in [6.45, 7) is 6.06. The van der Waals surface area contributed by atoms with Crippen molar-refractivity contribution in [2.24, 2.45) is 0 Å². The molecule has 0 N–H and O–H groups in total. The van der Waals surface area contributed by atoms with Gasteiger partial charge in [0.15, 0.2) is 0 Å². The Morgan fingerprint density at radius 1 is 1.55 bits per heavy atom. The number of carbonyl (C=O) groups excluding carboxylic acids is 1. The summed E-state index contributed by atoms with van der Waals surface area (Å²) < 4.78 is 0.450. The Balaban J connectivity index is 0. The lowest BCUT2D eigenvalue weighted by molar-refractivity contribution is -0.812. The summed E-state index contributed by atoms with van der Waals surface area (Å²) in [6, 6.07) is 0. The van der Waals surface area contributed by atoms with E-state index in [1.54, 1.807) is 6.92 Å². The first-order chi connectivity index (χ1) is 4.50. The molecule has 11 heavy (non-hydrogen) atoms. The van der Waals surface area contributed by atoms with Crippen molar-refractivity contribution in [3.05, 3.63) is 12.7 Å². The van der Waals surface area contributed by atoms with Crippen molar-refractivity contribution in [2.45, 2.75) is 13.3 Å². The summed E-state index contributed by atoms with van der Waals surface area (Å²) in [4.78, 5) is 10.9. The highest BCUT2D eigenvalue weighted by Crippen LogP contribution is 1.99. The van der Waals surface area contributed by atoms with E-state index < -0.39 is 0 Å². The first kappa shape index (κ1) is 13.4. The Bertz CT molecular complexity index is 143. The zero-order chi connectivity index (χ0) is 8.20. The maximum atomic E-state index is 10.9. The van der Waals surface area contributed by atoms with Crippen molar-refractivity contribution in [2.75, 3.05) is 20.6 Å². The Kier molecular flexibility index (Phi) is 6.71. The number of hydrogen-bond acceptors (Lipinski definition) is 1. The smallest absolute Gasteiger partial charge is 0.310 e. The zero-order valence-electron chi connectivity index (χ0n) is 7.43. The van der Waals surface area contributed by atoms with Crippen LogP contribution in [-0.2, 0) is 4.79 Å². The SMILES string of the molecule is C=CCC[N+](C)(C)C(C)=O.[Br-]. The van der Waals surface area contributed by atoms with E-state index in [9.17, 15) is 4.79 Å². The Labute approximate surface area is 79.2 Å². The number of amides is 1. The highest BCUT2D eigenvalue weighted by molar-refractivity contribution is 5.65. The molecule has 66 valence electrons. The molecule has 0 saturated carbocycles. The van der Waals surface area contributed by atoms with Gasteiger partial charge in [-0.25, -0.2) is 4.79 Å². The van der Waals surface area contributed by atoms with Gasteiger partial charge in [0, 0.05) is 6.42 Å². The van der Waals surface area contributed by atoms with E-state index in [0.29, 0.717) is 4.48 Å². The van der Waals surface area contributed by atoms with Gasteiger partial charge in [-0.15, -0.1) is 6.58 Å². The van der Waals surface area contributed by atoms with Gasteiger partial charge < -0.3 is 17.0 Å². The standard InChI is InChI=1S/C8H16NO.BrH/c1-5-6-7-9(3,4)8(2)10;/h5H,1,6-7H2,2-4H3;1H/q+1;/p-1. The second-order valence-electron chi connectivity index (χ2n) is 3.00. The van der Waals surface area contributed by atoms with Gasteiger partial charge in [0.25, 0.3) is 0 Å². The molecule has 0 aliphatic rings. The summed E-state index contributed by atoms with van der Waals surface area (Å²) in [5.41, 5.74) is 0. The van der Waals surface area contributed by atoms with Crippen molar-refractivity contribution < 1.29 is 26.3 Å². The monoisotopic (exact) mass is 221 g/mol. The average Bonchev–Trinajstić information content (AvgIpc) is 1.84. The molecule has 0 heterocycles. The molecule has 0 fully saturated rings. The number of nitrogens with zero attached hydrogens (tertiary/aromatic N) is 1. The third-order valence-corrected chi connectivity index (χ3v) is 1.74. The third kappa shape index (κ3) is 5.16. The van der Waals surface area contributed by atoms with Crippen LogP contribution >= 0.6 is 0 Å². The molecule has 0 aliphatic carbocycles. The van der Waals surface area contributed by atoms with Gasteiger partial charge >= 0.3 is 5.91 Å². The van der Waals surface area contributed by atoms with Crippen LogP contribution in [0.3, 0.4) is 0 Å². The minimum Gasteiger partial charge on any atom is -1.00 e. The fourth-order valence-corrected chi connectivity index (χ4v) is 0.571. The summed E-state index contributed by atoms with van der Waals surface area (Å²) >= 11 is 0. The van der Waals surface area contributed by atoms with Crippen molar-refractivity contribution >= 4 is 5.91 Å². The molecular weight excluding hydrogens is 206 g/mol. The van der Waals surface area contributed by atoms with Crippen LogP contribution in [0.5, 0.6) is 0 Å². The molecule has 0 aromatic heterocycles. The molecule has 0 bridgehead atoms. The maximum Gasteiger partial charge on any atom is 0.310 e. The molecule has 0 spiro atoms. The van der Waals surface area contributed by atoms with Crippen molar-refractivity contribution in [3.8, 4) is 0 Å². The predicted molar refractivity (Wildman–Crippen MR) is 42.5 cm³/mol. The Morgan fingerprint density at radius 3 is 2.27 bits per heavy atom. The summed E-state index contributed by atoms with van der Waals surface area (Å²) in [7, 11) is 3.82. The normalized spacial score (nSPS) is 10.1. The first-order valence-electron chi connectivity index (χ1n) is 3.45. The Hall–Kier alpha value is -0.150. The van der Waals surface area contributed by atoms with Gasteiger partial charge in [0.2, 0.25) is 0 Å². The topological polar surface area (TPSA) is 17.1 Å². The van der Waals surface area contributed by atoms with Crippen LogP contribution in [0, 0.1) is 0 Å². The second-order valence-corrected chi connectivity index (χ2v) is 3.00. The summed E-state index contributed by atoms with van der Waals surface area (Å²) in [5, 5.41) is 0. The molecule has 1 amide bonds. The molecule has 0 aliphatic heterocycles. The molecule has 0 aromatic rings. The van der Waals surface area contributed by atoms with Crippen molar-refractivity contribution in [1.29, 1.82) is 0 Å². The van der Waals surface area contributed by atoms with Gasteiger partial charge in [-0.05, 0) is 0 Å². The number of quaternary nitrogens is 1. The van der Waals surface area contributed by atoms with E-state index in [4.69, 9.17) is 0 Å². The number of hydrogen-bond donors (Lipinski definition) is 0. The first-order valence-corrected chi connectivity index (χ1v) is 3.45. The highest BCUT2D eigenvalue weighted by Gasteiger charge is 2.19. The van der Waals surface area contributed by atoms with Crippen LogP contribution < -0.4 is 17.0 Å². The van der Waals surface area contributed by atoms with Crippen LogP contribution in [0.2, 0.25) is 0 Å². The molecule has 0 aromatic carbocycles. The van der Waals surface area contributed by atoms with Gasteiger partial charge in [0.1, 0.15) is 0 Å². The average molecular weight is 222 g/mol. The van der Waals surface area contributed by atoms with Crippen LogP contribution in [0.1, 0.15) is 13.3 Å². The second kappa shape index (κ2) is 5.49. The largest absolute Gasteiger partial charge is 1.00 e. The van der Waals surface area contributed by atoms with E-state index in [1.165, 1.54) is 0 Å². The van der Waals surface area contributed by atoms with Gasteiger partial charge in [-0.3, -0.25) is 4.48 Å². The fourth-order valence-electron chi connectivity index (χ4n) is 0.571. The van der Waals surface area contributed by atoms with Gasteiger partial charge in [0.05, 0.1) is 27.6 Å². The lowest BCUT2D eigenvalue weighted by atomic mass is 10.3. The summed E-state index contributed by atoms with van der Waals surface area (Å²) in [6.07, 6.45) is 2.73. The van der Waals surface area contributed by atoms with Gasteiger partial charge in [-0.2, -0.15) is 0 Å². The molecule has 0 rings (SSSR count). The van der Waals surface area contributed by atoms with Crippen LogP contribution in [-0.4, -0.2) is 31.0 Å². The molecule has 0 saturated heterocycles. The fraction of sp³-hybridized carbons (Fsp3) is 0.625. The molecule has 3 heteroatoms. The van der Waals surface area contributed by atoms with Crippen LogP contribution in [0.25, 0.3) is 0 Å². The Morgan fingerprint density at radius 2 is 2.00 bits per heavy atom. The number of halogens is 1. The van der Waals surface area contributed by atoms with Crippen molar-refractivity contribution in [1.82, 2.24) is 0 Å². The molecule has 0 radical (unpaired) electrons. The molecule has 0 atom stereocenters. The van der Waals surface area contributed by atoms with Crippen molar-refractivity contribution in [3.63, 3.8) is 0 Å². The highest BCUT2D eigenvalue weighted by atomic mass is 79.9. The molecular formula is C8H16BrNO. The quantitative estimate of drug-likeness (QED) is 0.406. The third-order valence-electron chi connectivity index (χ3n) is 1.74. The lowest BCUT2D eigenvalue weighted by Gasteiger charge is -2.24. The van der Waals surface area contributed by atoms with E-state index >= 15 is 0 Å². The van der Waals surface area contributed by atoms with Crippen LogP contribution in [0.15, 0.2) is 12.7 Å². The van der Waals surface area contributed by atoms with E-state index in [1.807, 2.05) is 20.2 Å². The number of rotatable bonds is 3. The van der Waals surface area contributed by atoms with E-state index in [-0.39, 0.29) is 22.9 Å². The van der Waals surface area contributed by atoms with Gasteiger partial charge in [-0.1, -0.05) is 6.08 Å². The summed E-state index contributed by atoms with van der Waals surface area (Å²) in [5.74, 6) is 0.196. The maximum absolute atomic E-state index is 10.9. The van der Waals surface area contributed by atoms with E-state index in [2.05, 4.69) is 6.58 Å². The predicted octanol–water partition coefficient (Wildman–Crippen LogP) is -1.81.